The number of amides is 1. The molecule has 2 aliphatic heterocycles. The predicted octanol–water partition coefficient (Wildman–Crippen LogP) is 4.71. The fraction of sp³-hybridized carbons (Fsp3) is 0.400. The maximum absolute atomic E-state index is 13.4. The molecule has 0 spiro atoms. The first-order valence-electron chi connectivity index (χ1n) is 13.3. The number of anilines is 1. The van der Waals surface area contributed by atoms with Gasteiger partial charge in [-0.2, -0.15) is 0 Å². The summed E-state index contributed by atoms with van der Waals surface area (Å²) in [4.78, 5) is 33.0. The molecule has 0 atom stereocenters. The molecule has 0 N–H and O–H groups in total. The number of para-hydroxylation sites is 1. The lowest BCUT2D eigenvalue weighted by molar-refractivity contribution is 0.0735. The van der Waals surface area contributed by atoms with E-state index in [1.54, 1.807) is 0 Å². The van der Waals surface area contributed by atoms with Gasteiger partial charge in [-0.3, -0.25) is 14.5 Å². The van der Waals surface area contributed by atoms with Gasteiger partial charge in [0.05, 0.1) is 0 Å². The number of hydrogen-bond donors (Lipinski definition) is 0. The quantitative estimate of drug-likeness (QED) is 0.413. The summed E-state index contributed by atoms with van der Waals surface area (Å²) < 4.78 is 2.01. The summed E-state index contributed by atoms with van der Waals surface area (Å²) >= 11 is 0. The van der Waals surface area contributed by atoms with Crippen molar-refractivity contribution in [2.75, 3.05) is 44.2 Å². The molecule has 0 bridgehead atoms. The highest BCUT2D eigenvalue weighted by atomic mass is 16.2. The van der Waals surface area contributed by atoms with E-state index < -0.39 is 0 Å². The minimum Gasteiger partial charge on any atom is -0.369 e. The zero-order chi connectivity index (χ0) is 24.7. The first-order chi connectivity index (χ1) is 17.7. The van der Waals surface area contributed by atoms with Gasteiger partial charge < -0.3 is 14.4 Å². The van der Waals surface area contributed by atoms with Crippen molar-refractivity contribution in [1.82, 2.24) is 14.4 Å². The van der Waals surface area contributed by atoms with Crippen LogP contribution in [-0.2, 0) is 13.1 Å². The molecule has 36 heavy (non-hydrogen) atoms. The third-order valence-electron chi connectivity index (χ3n) is 7.45. The van der Waals surface area contributed by atoms with Crippen molar-refractivity contribution >= 4 is 17.4 Å². The number of Topliss-reactive ketones (excluding diaryl/α,β-unsaturated/α-hetero) is 1. The Balaban J connectivity index is 1.10. The summed E-state index contributed by atoms with van der Waals surface area (Å²) in [7, 11) is 0. The minimum atomic E-state index is -0.0269. The van der Waals surface area contributed by atoms with E-state index in [0.717, 1.165) is 64.1 Å². The maximum Gasteiger partial charge on any atom is 0.271 e. The highest BCUT2D eigenvalue weighted by Gasteiger charge is 2.30. The van der Waals surface area contributed by atoms with Gasteiger partial charge in [0.25, 0.3) is 5.91 Å². The number of unbranched alkanes of at least 4 members (excludes halogenated alkanes) is 2. The number of rotatable bonds is 9. The number of carbonyl (C=O) groups excluding carboxylic acids is 2. The van der Waals surface area contributed by atoms with Gasteiger partial charge in [0.1, 0.15) is 5.69 Å². The number of aromatic nitrogens is 1. The molecule has 3 heterocycles. The molecule has 2 aliphatic rings. The second kappa shape index (κ2) is 11.6. The Labute approximate surface area is 214 Å². The van der Waals surface area contributed by atoms with Gasteiger partial charge >= 0.3 is 0 Å². The third kappa shape index (κ3) is 5.71. The molecule has 0 aliphatic carbocycles. The fourth-order valence-electron chi connectivity index (χ4n) is 5.36. The zero-order valence-electron chi connectivity index (χ0n) is 21.0. The molecular weight excluding hydrogens is 448 g/mol. The molecule has 2 aromatic carbocycles. The van der Waals surface area contributed by atoms with Crippen molar-refractivity contribution in [2.45, 2.75) is 38.8 Å². The van der Waals surface area contributed by atoms with Gasteiger partial charge in [-0.1, -0.05) is 55.0 Å². The molecule has 1 aromatic heterocycles. The summed E-state index contributed by atoms with van der Waals surface area (Å²) in [5.41, 5.74) is 3.57. The van der Waals surface area contributed by atoms with Crippen molar-refractivity contribution in [1.29, 1.82) is 0 Å². The summed E-state index contributed by atoms with van der Waals surface area (Å²) in [6, 6.07) is 22.5. The van der Waals surface area contributed by atoms with E-state index in [1.807, 2.05) is 52.1 Å². The summed E-state index contributed by atoms with van der Waals surface area (Å²) in [5.74, 6) is 0.0447. The van der Waals surface area contributed by atoms with Crippen LogP contribution >= 0.6 is 0 Å². The predicted molar refractivity (Wildman–Crippen MR) is 144 cm³/mol. The largest absolute Gasteiger partial charge is 0.369 e. The normalized spacial score (nSPS) is 16.8. The molecule has 0 unspecified atom stereocenters. The highest BCUT2D eigenvalue weighted by Crippen LogP contribution is 2.23. The number of benzene rings is 2. The van der Waals surface area contributed by atoms with Gasteiger partial charge in [-0.05, 0) is 43.1 Å². The van der Waals surface area contributed by atoms with Crippen LogP contribution in [0.15, 0.2) is 72.9 Å². The second-order valence-corrected chi connectivity index (χ2v) is 9.88. The number of aryl methyl sites for hydroxylation is 1. The Morgan fingerprint density at radius 3 is 2.14 bits per heavy atom. The van der Waals surface area contributed by atoms with Gasteiger partial charge in [0.2, 0.25) is 0 Å². The fourth-order valence-corrected chi connectivity index (χ4v) is 5.36. The van der Waals surface area contributed by atoms with Crippen molar-refractivity contribution in [3.05, 3.63) is 89.7 Å². The Bertz CT molecular complexity index is 1150. The highest BCUT2D eigenvalue weighted by molar-refractivity contribution is 6.09. The van der Waals surface area contributed by atoms with Crippen LogP contribution in [0.25, 0.3) is 0 Å². The van der Waals surface area contributed by atoms with E-state index in [1.165, 1.54) is 5.69 Å². The smallest absolute Gasteiger partial charge is 0.271 e. The topological polar surface area (TPSA) is 48.8 Å². The van der Waals surface area contributed by atoms with E-state index >= 15 is 0 Å². The monoisotopic (exact) mass is 484 g/mol. The summed E-state index contributed by atoms with van der Waals surface area (Å²) in [6.07, 6.45) is 5.58. The van der Waals surface area contributed by atoms with Crippen molar-refractivity contribution < 1.29 is 9.59 Å². The van der Waals surface area contributed by atoms with Gasteiger partial charge in [-0.25, -0.2) is 0 Å². The zero-order valence-corrected chi connectivity index (χ0v) is 21.0. The lowest BCUT2D eigenvalue weighted by Gasteiger charge is -2.36. The Kier molecular flexibility index (Phi) is 7.82. The van der Waals surface area contributed by atoms with E-state index in [9.17, 15) is 9.59 Å². The molecule has 1 saturated heterocycles. The Morgan fingerprint density at radius 2 is 1.39 bits per heavy atom. The molecule has 0 saturated carbocycles. The number of nitrogens with zero attached hydrogens (tertiary/aromatic N) is 4. The number of piperazine rings is 1. The first-order valence-corrected chi connectivity index (χ1v) is 13.3. The van der Waals surface area contributed by atoms with E-state index in [2.05, 4.69) is 40.1 Å². The molecule has 6 nitrogen and oxygen atoms in total. The standard InChI is InChI=1S/C30H36N4O2/c35-28-15-19-34(24-25-10-4-1-5-11-25)30(36)29-27(28)14-18-33(29)17-9-3-8-16-31-20-22-32(23-21-31)26-12-6-2-7-13-26/h1-2,4-7,10-14,18H,3,8-9,15-17,19-24H2. The van der Waals surface area contributed by atoms with Gasteiger partial charge in [0.15, 0.2) is 5.78 Å². The number of fused-ring (bicyclic) bond motifs is 1. The van der Waals surface area contributed by atoms with Crippen molar-refractivity contribution in [3.8, 4) is 0 Å². The average Bonchev–Trinajstić information content (AvgIpc) is 3.31. The van der Waals surface area contributed by atoms with Crippen LogP contribution in [0.1, 0.15) is 52.1 Å². The molecule has 0 radical (unpaired) electrons. The van der Waals surface area contributed by atoms with E-state index in [-0.39, 0.29) is 11.7 Å². The number of carbonyl (C=O) groups is 2. The number of hydrogen-bond acceptors (Lipinski definition) is 4. The van der Waals surface area contributed by atoms with Crippen LogP contribution in [-0.4, -0.2) is 65.3 Å². The molecule has 188 valence electrons. The summed E-state index contributed by atoms with van der Waals surface area (Å²) in [6.45, 7) is 7.27. The van der Waals surface area contributed by atoms with Gasteiger partial charge in [-0.15, -0.1) is 0 Å². The second-order valence-electron chi connectivity index (χ2n) is 9.88. The third-order valence-corrected chi connectivity index (χ3v) is 7.45. The molecule has 6 heteroatoms. The van der Waals surface area contributed by atoms with Crippen LogP contribution in [0.2, 0.25) is 0 Å². The molecule has 5 rings (SSSR count). The SMILES string of the molecule is O=C1CCN(Cc2ccccc2)C(=O)c2c1ccn2CCCCCN1CCN(c2ccccc2)CC1. The average molecular weight is 485 g/mol. The van der Waals surface area contributed by atoms with Crippen LogP contribution < -0.4 is 4.90 Å². The van der Waals surface area contributed by atoms with Crippen LogP contribution in [0.5, 0.6) is 0 Å². The van der Waals surface area contributed by atoms with E-state index in [4.69, 9.17) is 0 Å². The number of ketones is 1. The molecule has 1 amide bonds. The van der Waals surface area contributed by atoms with E-state index in [0.29, 0.717) is 30.8 Å². The molecule has 3 aromatic rings. The van der Waals surface area contributed by atoms with Gasteiger partial charge in [0, 0.05) is 69.7 Å². The summed E-state index contributed by atoms with van der Waals surface area (Å²) in [5, 5.41) is 0. The Morgan fingerprint density at radius 1 is 0.694 bits per heavy atom. The molecule has 1 fully saturated rings. The van der Waals surface area contributed by atoms with Crippen LogP contribution in [0.4, 0.5) is 5.69 Å². The first kappa shape index (κ1) is 24.3. The minimum absolute atomic E-state index is 0.0269. The van der Waals surface area contributed by atoms with Crippen molar-refractivity contribution in [2.24, 2.45) is 0 Å². The lowest BCUT2D eigenvalue weighted by Crippen LogP contribution is -2.46. The molecular formula is C30H36N4O2. The maximum atomic E-state index is 13.4. The van der Waals surface area contributed by atoms with Crippen LogP contribution in [0.3, 0.4) is 0 Å². The van der Waals surface area contributed by atoms with Crippen molar-refractivity contribution in [3.63, 3.8) is 0 Å². The Hall–Kier alpha value is -3.38. The lowest BCUT2D eigenvalue weighted by atomic mass is 10.1. The van der Waals surface area contributed by atoms with Crippen LogP contribution in [0, 0.1) is 0 Å².